The molecule has 0 spiro atoms. The van der Waals surface area contributed by atoms with Gasteiger partial charge in [-0.05, 0) is 198 Å². The highest BCUT2D eigenvalue weighted by Gasteiger charge is 2.39. The van der Waals surface area contributed by atoms with E-state index < -0.39 is 0 Å². The van der Waals surface area contributed by atoms with Gasteiger partial charge in [0.2, 0.25) is 0 Å². The Hall–Kier alpha value is -10.3. The molecule has 3 aliphatic carbocycles. The molecule has 0 aliphatic heterocycles. The molecule has 12 aromatic carbocycles. The van der Waals surface area contributed by atoms with E-state index in [1.165, 1.54) is 122 Å². The van der Waals surface area contributed by atoms with Crippen molar-refractivity contribution in [3.05, 3.63) is 334 Å². The molecule has 15 rings (SSSR count). The summed E-state index contributed by atoms with van der Waals surface area (Å²) < 4.78 is 0. The van der Waals surface area contributed by atoms with E-state index in [9.17, 15) is 0 Å². The van der Waals surface area contributed by atoms with Gasteiger partial charge in [0.15, 0.2) is 0 Å². The number of anilines is 6. The highest BCUT2D eigenvalue weighted by molar-refractivity contribution is 5.91. The summed E-state index contributed by atoms with van der Waals surface area (Å²) in [6, 6.07) is 99.3. The monoisotopic (exact) mass is 1140 g/mol. The first-order chi connectivity index (χ1) is 43.1. The second-order valence-corrected chi connectivity index (χ2v) is 26.4. The van der Waals surface area contributed by atoms with E-state index in [-0.39, 0.29) is 16.2 Å². The van der Waals surface area contributed by atoms with Gasteiger partial charge >= 0.3 is 0 Å². The van der Waals surface area contributed by atoms with Crippen LogP contribution in [0, 0.1) is 13.8 Å². The number of rotatable bonds is 12. The maximum Gasteiger partial charge on any atom is 0.0465 e. The molecular formula is C87H72N2. The van der Waals surface area contributed by atoms with Crippen LogP contribution >= 0.6 is 0 Å². The molecule has 0 N–H and O–H groups in total. The molecule has 0 unspecified atom stereocenters. The highest BCUT2D eigenvalue weighted by Crippen LogP contribution is 2.54. The molecule has 2 heteroatoms. The Labute approximate surface area is 526 Å². The summed E-state index contributed by atoms with van der Waals surface area (Å²) in [5.41, 5.74) is 34.5. The molecule has 0 heterocycles. The minimum absolute atomic E-state index is 0.163. The van der Waals surface area contributed by atoms with E-state index in [1.54, 1.807) is 0 Å². The number of nitrogens with zero attached hydrogens (tertiary/aromatic N) is 2. The van der Waals surface area contributed by atoms with Crippen LogP contribution in [0.25, 0.3) is 79.9 Å². The smallest absolute Gasteiger partial charge is 0.0465 e. The summed E-state index contributed by atoms with van der Waals surface area (Å²) in [7, 11) is 0. The molecule has 0 aromatic heterocycles. The zero-order valence-corrected chi connectivity index (χ0v) is 52.1. The van der Waals surface area contributed by atoms with Gasteiger partial charge in [0.25, 0.3) is 0 Å². The second kappa shape index (κ2) is 21.5. The largest absolute Gasteiger partial charge is 0.310 e. The fraction of sp³-hybridized carbons (Fsp3) is 0.126. The Kier molecular flexibility index (Phi) is 13.4. The van der Waals surface area contributed by atoms with Crippen molar-refractivity contribution >= 4 is 58.4 Å². The Morgan fingerprint density at radius 1 is 0.225 bits per heavy atom. The Morgan fingerprint density at radius 2 is 0.449 bits per heavy atom. The minimum Gasteiger partial charge on any atom is -0.310 e. The van der Waals surface area contributed by atoms with Crippen molar-refractivity contribution in [2.24, 2.45) is 0 Å². The summed E-state index contributed by atoms with van der Waals surface area (Å²) in [4.78, 5) is 4.79. The van der Waals surface area contributed by atoms with Crippen LogP contribution in [0.5, 0.6) is 0 Å². The molecular weight excluding hydrogens is 1070 g/mol. The zero-order chi connectivity index (χ0) is 60.8. The summed E-state index contributed by atoms with van der Waals surface area (Å²) in [5, 5.41) is 0. The highest BCUT2D eigenvalue weighted by atomic mass is 15.1. The lowest BCUT2D eigenvalue weighted by Crippen LogP contribution is -2.16. The first-order valence-corrected chi connectivity index (χ1v) is 31.4. The van der Waals surface area contributed by atoms with Crippen LogP contribution < -0.4 is 9.80 Å². The van der Waals surface area contributed by atoms with Gasteiger partial charge in [-0.25, -0.2) is 0 Å². The Bertz CT molecular complexity index is 4460. The lowest BCUT2D eigenvalue weighted by Gasteiger charge is -2.28. The maximum absolute atomic E-state index is 2.43. The molecule has 0 saturated heterocycles. The predicted molar refractivity (Wildman–Crippen MR) is 380 cm³/mol. The van der Waals surface area contributed by atoms with Crippen molar-refractivity contribution in [1.82, 2.24) is 0 Å². The number of benzene rings is 12. The maximum atomic E-state index is 2.43. The van der Waals surface area contributed by atoms with E-state index in [2.05, 4.69) is 356 Å². The van der Waals surface area contributed by atoms with Crippen LogP contribution in [0.4, 0.5) is 34.1 Å². The summed E-state index contributed by atoms with van der Waals surface area (Å²) in [6.07, 6.45) is 9.19. The quantitative estimate of drug-likeness (QED) is 0.113. The summed E-state index contributed by atoms with van der Waals surface area (Å²) in [6.45, 7) is 18.6. The standard InChI is InChI=1S/C87H72N2/c1-57-19-35-67(36-20-57)88(69-39-31-65(32-40-69)63-15-11-9-12-16-63)71-43-49-77-75-47-29-61(53-81(75)86(5,6)83(77)55-71)25-23-59-27-45-73-74-46-28-60(52-80(74)85(3,4)79(73)51-59)24-26-62-30-48-76-78-50-44-72(56-84(78)87(7,8)82(76)54-62)89(68-37-21-58(2)22-38-68)70-41-33-66(34-42-70)64-17-13-10-14-18-64/h9-56H,1-8H3/b25-23+,26-24+. The summed E-state index contributed by atoms with van der Waals surface area (Å²) >= 11 is 0. The molecule has 0 fully saturated rings. The predicted octanol–water partition coefficient (Wildman–Crippen LogP) is 23.8. The topological polar surface area (TPSA) is 6.48 Å². The second-order valence-electron chi connectivity index (χ2n) is 26.4. The van der Waals surface area contributed by atoms with E-state index in [1.807, 2.05) is 0 Å². The van der Waals surface area contributed by atoms with E-state index in [0.29, 0.717) is 0 Å². The SMILES string of the molecule is Cc1ccc(N(c2ccc(-c3ccccc3)cc2)c2ccc3c(c2)C(C)(C)c2cc(/C=C/c4ccc5c(c4)C(C)(C)c4cc(/C=C/c6ccc7c(c6)C(C)(C)c6cc(N(c8ccc(C)cc8)c8ccc(-c9ccccc9)cc8)ccc6-7)ccc4-5)ccc2-3)cc1. The van der Waals surface area contributed by atoms with Crippen LogP contribution in [0.15, 0.2) is 267 Å². The normalized spacial score (nSPS) is 14.2. The van der Waals surface area contributed by atoms with Crippen molar-refractivity contribution in [2.45, 2.75) is 71.6 Å². The van der Waals surface area contributed by atoms with Gasteiger partial charge in [-0.1, -0.05) is 271 Å². The third-order valence-electron chi connectivity index (χ3n) is 19.6. The first kappa shape index (κ1) is 55.3. The van der Waals surface area contributed by atoms with Crippen LogP contribution in [0.1, 0.15) is 108 Å². The van der Waals surface area contributed by atoms with Crippen LogP contribution in [-0.4, -0.2) is 0 Å². The Morgan fingerprint density at radius 3 is 0.730 bits per heavy atom. The van der Waals surface area contributed by atoms with Crippen LogP contribution in [-0.2, 0) is 16.2 Å². The van der Waals surface area contributed by atoms with Crippen LogP contribution in [0.2, 0.25) is 0 Å². The molecule has 3 aliphatic rings. The van der Waals surface area contributed by atoms with Gasteiger partial charge in [0.05, 0.1) is 0 Å². The van der Waals surface area contributed by atoms with Crippen molar-refractivity contribution in [3.8, 4) is 55.6 Å². The molecule has 0 bridgehead atoms. The fourth-order valence-corrected chi connectivity index (χ4v) is 14.5. The van der Waals surface area contributed by atoms with Crippen molar-refractivity contribution in [2.75, 3.05) is 9.80 Å². The number of hydrogen-bond acceptors (Lipinski definition) is 2. The van der Waals surface area contributed by atoms with E-state index in [0.717, 1.165) is 34.1 Å². The molecule has 89 heavy (non-hydrogen) atoms. The van der Waals surface area contributed by atoms with Gasteiger partial charge in [-0.3, -0.25) is 0 Å². The van der Waals surface area contributed by atoms with Crippen molar-refractivity contribution in [1.29, 1.82) is 0 Å². The number of fused-ring (bicyclic) bond motifs is 9. The van der Waals surface area contributed by atoms with E-state index >= 15 is 0 Å². The minimum atomic E-state index is -0.196. The molecule has 0 atom stereocenters. The van der Waals surface area contributed by atoms with Gasteiger partial charge in [0.1, 0.15) is 0 Å². The number of aryl methyl sites for hydroxylation is 2. The lowest BCUT2D eigenvalue weighted by molar-refractivity contribution is 0.660. The fourth-order valence-electron chi connectivity index (χ4n) is 14.5. The lowest BCUT2D eigenvalue weighted by atomic mass is 9.81. The molecule has 12 aromatic rings. The van der Waals surface area contributed by atoms with Crippen LogP contribution in [0.3, 0.4) is 0 Å². The van der Waals surface area contributed by atoms with E-state index in [4.69, 9.17) is 0 Å². The van der Waals surface area contributed by atoms with Gasteiger partial charge in [0, 0.05) is 50.4 Å². The molecule has 430 valence electrons. The molecule has 0 saturated carbocycles. The van der Waals surface area contributed by atoms with Gasteiger partial charge in [-0.15, -0.1) is 0 Å². The molecule has 0 radical (unpaired) electrons. The van der Waals surface area contributed by atoms with Gasteiger partial charge < -0.3 is 9.80 Å². The van der Waals surface area contributed by atoms with Gasteiger partial charge in [-0.2, -0.15) is 0 Å². The zero-order valence-electron chi connectivity index (χ0n) is 52.1. The van der Waals surface area contributed by atoms with Crippen molar-refractivity contribution in [3.63, 3.8) is 0 Å². The average Bonchev–Trinajstić information content (AvgIpc) is 1.67. The number of hydrogen-bond donors (Lipinski definition) is 0. The summed E-state index contributed by atoms with van der Waals surface area (Å²) in [5.74, 6) is 0. The third kappa shape index (κ3) is 9.76. The third-order valence-corrected chi connectivity index (χ3v) is 19.6. The first-order valence-electron chi connectivity index (χ1n) is 31.4. The van der Waals surface area contributed by atoms with Crippen molar-refractivity contribution < 1.29 is 0 Å². The Balaban J connectivity index is 0.655. The molecule has 2 nitrogen and oxygen atoms in total. The molecule has 0 amide bonds. The average molecular weight is 1150 g/mol.